The van der Waals surface area contributed by atoms with Crippen molar-refractivity contribution >= 4 is 12.3 Å². The average Bonchev–Trinajstić information content (AvgIpc) is 1.87. The van der Waals surface area contributed by atoms with E-state index in [1.165, 1.54) is 19.9 Å². The molecule has 0 saturated carbocycles. The van der Waals surface area contributed by atoms with E-state index < -0.39 is 11.6 Å². The zero-order chi connectivity index (χ0) is 8.20. The molecule has 1 unspecified atom stereocenters. The number of hydrogen-bond acceptors (Lipinski definition) is 3. The number of aldehydes is 1. The highest BCUT2D eigenvalue weighted by Crippen LogP contribution is 2.07. The zero-order valence-corrected chi connectivity index (χ0v) is 6.09. The second kappa shape index (κ2) is 3.15. The first kappa shape index (κ1) is 8.88. The zero-order valence-electron chi connectivity index (χ0n) is 6.09. The van der Waals surface area contributed by atoms with Crippen LogP contribution in [0.25, 0.3) is 0 Å². The smallest absolute Gasteiger partial charge is 0.303 e. The quantitative estimate of drug-likeness (QED) is 0.331. The SMILES string of the molecule is C=CC(C)(C=O)OC(C)=O. The first-order valence-electron chi connectivity index (χ1n) is 2.83. The van der Waals surface area contributed by atoms with Gasteiger partial charge in [-0.25, -0.2) is 0 Å². The Morgan fingerprint density at radius 1 is 1.70 bits per heavy atom. The van der Waals surface area contributed by atoms with Gasteiger partial charge in [-0.05, 0) is 13.0 Å². The number of esters is 1. The van der Waals surface area contributed by atoms with Gasteiger partial charge in [0.2, 0.25) is 0 Å². The van der Waals surface area contributed by atoms with Crippen LogP contribution in [0.1, 0.15) is 13.8 Å². The molecule has 0 saturated heterocycles. The Bertz CT molecular complexity index is 152. The average molecular weight is 142 g/mol. The van der Waals surface area contributed by atoms with Crippen LogP contribution in [0.4, 0.5) is 0 Å². The summed E-state index contributed by atoms with van der Waals surface area (Å²) in [5, 5.41) is 0. The van der Waals surface area contributed by atoms with E-state index in [1.54, 1.807) is 0 Å². The lowest BCUT2D eigenvalue weighted by Gasteiger charge is -2.17. The largest absolute Gasteiger partial charge is 0.448 e. The van der Waals surface area contributed by atoms with Crippen LogP contribution in [-0.2, 0) is 14.3 Å². The summed E-state index contributed by atoms with van der Waals surface area (Å²) in [5.41, 5.74) is -1.16. The molecule has 0 aliphatic heterocycles. The molecule has 10 heavy (non-hydrogen) atoms. The van der Waals surface area contributed by atoms with Crippen LogP contribution >= 0.6 is 0 Å². The predicted octanol–water partition coefficient (Wildman–Crippen LogP) is 0.693. The normalized spacial score (nSPS) is 15.0. The second-order valence-electron chi connectivity index (χ2n) is 2.10. The Morgan fingerprint density at radius 3 is 2.30 bits per heavy atom. The van der Waals surface area contributed by atoms with Crippen molar-refractivity contribution in [2.75, 3.05) is 0 Å². The summed E-state index contributed by atoms with van der Waals surface area (Å²) in [6, 6.07) is 0. The van der Waals surface area contributed by atoms with Gasteiger partial charge < -0.3 is 4.74 Å². The fraction of sp³-hybridized carbons (Fsp3) is 0.429. The Kier molecular flexibility index (Phi) is 2.80. The minimum atomic E-state index is -1.16. The molecule has 56 valence electrons. The van der Waals surface area contributed by atoms with Gasteiger partial charge in [0.05, 0.1) is 0 Å². The van der Waals surface area contributed by atoms with Crippen molar-refractivity contribution in [3.05, 3.63) is 12.7 Å². The molecular formula is C7H10O3. The van der Waals surface area contributed by atoms with E-state index in [9.17, 15) is 9.59 Å². The molecule has 0 spiro atoms. The lowest BCUT2D eigenvalue weighted by molar-refractivity contribution is -0.154. The number of rotatable bonds is 3. The van der Waals surface area contributed by atoms with E-state index in [-0.39, 0.29) is 0 Å². The minimum absolute atomic E-state index is 0.491. The Labute approximate surface area is 59.7 Å². The molecule has 0 aliphatic rings. The molecule has 0 aromatic heterocycles. The highest BCUT2D eigenvalue weighted by atomic mass is 16.6. The third kappa shape index (κ3) is 2.44. The summed E-state index contributed by atoms with van der Waals surface area (Å²) < 4.78 is 4.61. The molecule has 0 bridgehead atoms. The lowest BCUT2D eigenvalue weighted by atomic mass is 10.1. The van der Waals surface area contributed by atoms with Crippen LogP contribution in [0.3, 0.4) is 0 Å². The van der Waals surface area contributed by atoms with E-state index >= 15 is 0 Å². The molecule has 0 aliphatic carbocycles. The van der Waals surface area contributed by atoms with Crippen molar-refractivity contribution in [1.29, 1.82) is 0 Å². The molecule has 0 amide bonds. The van der Waals surface area contributed by atoms with Crippen molar-refractivity contribution < 1.29 is 14.3 Å². The van der Waals surface area contributed by atoms with Crippen LogP contribution in [-0.4, -0.2) is 17.9 Å². The van der Waals surface area contributed by atoms with E-state index in [2.05, 4.69) is 11.3 Å². The summed E-state index contributed by atoms with van der Waals surface area (Å²) in [5.74, 6) is -0.491. The first-order chi connectivity index (χ1) is 4.54. The van der Waals surface area contributed by atoms with Gasteiger partial charge in [-0.3, -0.25) is 9.59 Å². The van der Waals surface area contributed by atoms with Gasteiger partial charge in [0.25, 0.3) is 0 Å². The summed E-state index contributed by atoms with van der Waals surface area (Å²) in [7, 11) is 0. The molecule has 0 aromatic carbocycles. The van der Waals surface area contributed by atoms with Gasteiger partial charge in [-0.1, -0.05) is 6.58 Å². The van der Waals surface area contributed by atoms with Crippen molar-refractivity contribution in [3.8, 4) is 0 Å². The van der Waals surface area contributed by atoms with Crippen LogP contribution in [0.15, 0.2) is 12.7 Å². The number of carbonyl (C=O) groups is 2. The standard InChI is InChI=1S/C7H10O3/c1-4-7(3,5-8)10-6(2)9/h4-5H,1H2,2-3H3. The Balaban J connectivity index is 4.19. The molecule has 0 N–H and O–H groups in total. The van der Waals surface area contributed by atoms with Gasteiger partial charge in [0.15, 0.2) is 11.9 Å². The maximum absolute atomic E-state index is 10.3. The summed E-state index contributed by atoms with van der Waals surface area (Å²) in [6.45, 7) is 6.06. The molecule has 1 atom stereocenters. The fourth-order valence-corrected chi connectivity index (χ4v) is 0.424. The van der Waals surface area contributed by atoms with E-state index in [1.807, 2.05) is 0 Å². The molecule has 0 heterocycles. The maximum atomic E-state index is 10.3. The van der Waals surface area contributed by atoms with Crippen molar-refractivity contribution in [2.24, 2.45) is 0 Å². The number of carbonyl (C=O) groups excluding carboxylic acids is 2. The van der Waals surface area contributed by atoms with Crippen molar-refractivity contribution in [3.63, 3.8) is 0 Å². The van der Waals surface area contributed by atoms with E-state index in [4.69, 9.17) is 0 Å². The van der Waals surface area contributed by atoms with Gasteiger partial charge in [0.1, 0.15) is 0 Å². The molecule has 0 rings (SSSR count). The molecule has 3 nitrogen and oxygen atoms in total. The third-order valence-electron chi connectivity index (χ3n) is 1.00. The first-order valence-corrected chi connectivity index (χ1v) is 2.83. The summed E-state index contributed by atoms with van der Waals surface area (Å²) in [4.78, 5) is 20.6. The molecule has 3 heteroatoms. The van der Waals surface area contributed by atoms with Gasteiger partial charge >= 0.3 is 5.97 Å². The highest BCUT2D eigenvalue weighted by molar-refractivity contribution is 5.74. The number of ether oxygens (including phenoxy) is 1. The van der Waals surface area contributed by atoms with Gasteiger partial charge in [-0.2, -0.15) is 0 Å². The van der Waals surface area contributed by atoms with Crippen molar-refractivity contribution in [2.45, 2.75) is 19.4 Å². The van der Waals surface area contributed by atoms with Crippen LogP contribution in [0.2, 0.25) is 0 Å². The minimum Gasteiger partial charge on any atom is -0.448 e. The van der Waals surface area contributed by atoms with Gasteiger partial charge in [0, 0.05) is 6.92 Å². The molecule has 0 fully saturated rings. The third-order valence-corrected chi connectivity index (χ3v) is 1.00. The fourth-order valence-electron chi connectivity index (χ4n) is 0.424. The van der Waals surface area contributed by atoms with E-state index in [0.717, 1.165) is 0 Å². The molecule has 0 radical (unpaired) electrons. The number of hydrogen-bond donors (Lipinski definition) is 0. The summed E-state index contributed by atoms with van der Waals surface area (Å²) >= 11 is 0. The Morgan fingerprint density at radius 2 is 2.20 bits per heavy atom. The van der Waals surface area contributed by atoms with E-state index in [0.29, 0.717) is 6.29 Å². The molecular weight excluding hydrogens is 132 g/mol. The Hall–Kier alpha value is -1.12. The van der Waals surface area contributed by atoms with Crippen molar-refractivity contribution in [1.82, 2.24) is 0 Å². The predicted molar refractivity (Wildman–Crippen MR) is 36.4 cm³/mol. The lowest BCUT2D eigenvalue weighted by Crippen LogP contribution is -2.29. The maximum Gasteiger partial charge on any atom is 0.303 e. The summed E-state index contributed by atoms with van der Waals surface area (Å²) in [6.07, 6.45) is 1.81. The topological polar surface area (TPSA) is 43.4 Å². The monoisotopic (exact) mass is 142 g/mol. The van der Waals surface area contributed by atoms with Gasteiger partial charge in [-0.15, -0.1) is 0 Å². The second-order valence-corrected chi connectivity index (χ2v) is 2.10. The molecule has 0 aromatic rings. The van der Waals surface area contributed by atoms with Crippen LogP contribution in [0, 0.1) is 0 Å². The van der Waals surface area contributed by atoms with Crippen LogP contribution in [0.5, 0.6) is 0 Å². The highest BCUT2D eigenvalue weighted by Gasteiger charge is 2.21. The van der Waals surface area contributed by atoms with Crippen LogP contribution < -0.4 is 0 Å².